The third kappa shape index (κ3) is 2.08. The first kappa shape index (κ1) is 12.5. The minimum absolute atomic E-state index is 0.277. The fourth-order valence-corrected chi connectivity index (χ4v) is 2.66. The highest BCUT2D eigenvalue weighted by Crippen LogP contribution is 2.33. The van der Waals surface area contributed by atoms with Gasteiger partial charge >= 0.3 is 0 Å². The van der Waals surface area contributed by atoms with E-state index in [2.05, 4.69) is 4.90 Å². The maximum Gasteiger partial charge on any atom is 0.128 e. The third-order valence-electron chi connectivity index (χ3n) is 3.70. The Bertz CT molecular complexity index is 703. The summed E-state index contributed by atoms with van der Waals surface area (Å²) in [4.78, 5) is 2.10. The lowest BCUT2D eigenvalue weighted by molar-refractivity contribution is 0.605. The molecule has 4 heteroatoms. The fraction of sp³-hybridized carbons (Fsp3) is 0.188. The Kier molecular flexibility index (Phi) is 3.03. The second-order valence-electron chi connectivity index (χ2n) is 4.93. The van der Waals surface area contributed by atoms with Crippen molar-refractivity contribution in [1.82, 2.24) is 0 Å². The van der Waals surface area contributed by atoms with Crippen molar-refractivity contribution in [3.05, 3.63) is 58.9 Å². The molecular weight excluding hydrogens is 253 g/mol. The van der Waals surface area contributed by atoms with E-state index in [1.807, 2.05) is 24.3 Å². The van der Waals surface area contributed by atoms with Gasteiger partial charge in [-0.15, -0.1) is 0 Å². The topological polar surface area (TPSA) is 53.0 Å². The lowest BCUT2D eigenvalue weighted by Crippen LogP contribution is -2.20. The number of nitrogens with two attached hydrogens (primary N) is 1. The van der Waals surface area contributed by atoms with Crippen molar-refractivity contribution in [3.8, 4) is 6.07 Å². The molecule has 0 aliphatic carbocycles. The molecule has 0 atom stereocenters. The van der Waals surface area contributed by atoms with Crippen molar-refractivity contribution < 1.29 is 4.39 Å². The van der Waals surface area contributed by atoms with E-state index in [0.29, 0.717) is 17.7 Å². The lowest BCUT2D eigenvalue weighted by atomic mass is 10.1. The van der Waals surface area contributed by atoms with Gasteiger partial charge < -0.3 is 10.6 Å². The van der Waals surface area contributed by atoms with Crippen LogP contribution in [0.5, 0.6) is 0 Å². The predicted molar refractivity (Wildman–Crippen MR) is 76.7 cm³/mol. The fourth-order valence-electron chi connectivity index (χ4n) is 2.66. The van der Waals surface area contributed by atoms with E-state index in [9.17, 15) is 4.39 Å². The molecule has 0 radical (unpaired) electrons. The molecule has 2 N–H and O–H groups in total. The summed E-state index contributed by atoms with van der Waals surface area (Å²) < 4.78 is 13.9. The summed E-state index contributed by atoms with van der Waals surface area (Å²) in [5.74, 6) is -0.277. The molecule has 0 fully saturated rings. The second-order valence-corrected chi connectivity index (χ2v) is 4.93. The van der Waals surface area contributed by atoms with Gasteiger partial charge in [-0.25, -0.2) is 4.39 Å². The number of hydrogen-bond donors (Lipinski definition) is 1. The van der Waals surface area contributed by atoms with Crippen LogP contribution in [0.3, 0.4) is 0 Å². The number of nitrogen functional groups attached to an aromatic ring is 1. The Morgan fingerprint density at radius 1 is 1.30 bits per heavy atom. The van der Waals surface area contributed by atoms with E-state index >= 15 is 0 Å². The monoisotopic (exact) mass is 267 g/mol. The second kappa shape index (κ2) is 4.86. The van der Waals surface area contributed by atoms with E-state index in [-0.39, 0.29) is 5.82 Å². The molecule has 1 heterocycles. The number of rotatable bonds is 2. The van der Waals surface area contributed by atoms with Crippen LogP contribution in [-0.4, -0.2) is 6.54 Å². The van der Waals surface area contributed by atoms with Crippen LogP contribution < -0.4 is 10.6 Å². The molecule has 1 aliphatic rings. The van der Waals surface area contributed by atoms with Gasteiger partial charge in [-0.1, -0.05) is 6.07 Å². The molecule has 0 amide bonds. The summed E-state index contributed by atoms with van der Waals surface area (Å²) >= 11 is 0. The van der Waals surface area contributed by atoms with E-state index in [1.165, 1.54) is 12.1 Å². The highest BCUT2D eigenvalue weighted by Gasteiger charge is 2.21. The smallest absolute Gasteiger partial charge is 0.128 e. The van der Waals surface area contributed by atoms with E-state index in [0.717, 1.165) is 29.9 Å². The highest BCUT2D eigenvalue weighted by molar-refractivity contribution is 5.68. The van der Waals surface area contributed by atoms with Gasteiger partial charge in [0.1, 0.15) is 5.82 Å². The summed E-state index contributed by atoms with van der Waals surface area (Å²) in [6, 6.07) is 12.3. The maximum absolute atomic E-state index is 13.9. The summed E-state index contributed by atoms with van der Waals surface area (Å²) in [5.41, 5.74) is 9.96. The Hall–Kier alpha value is -2.54. The first-order valence-electron chi connectivity index (χ1n) is 6.50. The molecule has 0 spiro atoms. The van der Waals surface area contributed by atoms with Crippen molar-refractivity contribution in [1.29, 1.82) is 5.26 Å². The van der Waals surface area contributed by atoms with Gasteiger partial charge in [0.15, 0.2) is 0 Å². The van der Waals surface area contributed by atoms with Crippen LogP contribution >= 0.6 is 0 Å². The van der Waals surface area contributed by atoms with Crippen molar-refractivity contribution in [3.63, 3.8) is 0 Å². The molecule has 0 aromatic heterocycles. The third-order valence-corrected chi connectivity index (χ3v) is 3.70. The van der Waals surface area contributed by atoms with Crippen molar-refractivity contribution >= 4 is 11.4 Å². The van der Waals surface area contributed by atoms with Crippen LogP contribution in [0.4, 0.5) is 15.8 Å². The number of anilines is 2. The molecule has 3 rings (SSSR count). The summed E-state index contributed by atoms with van der Waals surface area (Å²) in [6.45, 7) is 1.28. The number of benzene rings is 2. The molecule has 0 unspecified atom stereocenters. The largest absolute Gasteiger partial charge is 0.398 e. The molecule has 0 bridgehead atoms. The first-order valence-corrected chi connectivity index (χ1v) is 6.50. The minimum atomic E-state index is -0.277. The maximum atomic E-state index is 13.9. The number of hydrogen-bond acceptors (Lipinski definition) is 3. The summed E-state index contributed by atoms with van der Waals surface area (Å²) in [7, 11) is 0. The summed E-state index contributed by atoms with van der Waals surface area (Å²) in [6.07, 6.45) is 0.877. The Balaban J connectivity index is 1.92. The molecule has 0 saturated carbocycles. The zero-order chi connectivity index (χ0) is 14.1. The highest BCUT2D eigenvalue weighted by atomic mass is 19.1. The average Bonchev–Trinajstić information content (AvgIpc) is 2.86. The first-order chi connectivity index (χ1) is 9.69. The van der Waals surface area contributed by atoms with Gasteiger partial charge in [0.2, 0.25) is 0 Å². The molecule has 2 aromatic carbocycles. The normalized spacial score (nSPS) is 13.1. The lowest BCUT2D eigenvalue weighted by Gasteiger charge is -2.20. The van der Waals surface area contributed by atoms with E-state index in [1.54, 1.807) is 6.07 Å². The van der Waals surface area contributed by atoms with Gasteiger partial charge in [0.25, 0.3) is 0 Å². The SMILES string of the molecule is N#Cc1ccc(F)c(CN2CCc3c(N)cccc32)c1. The number of nitrogens with zero attached hydrogens (tertiary/aromatic N) is 2. The molecule has 0 saturated heterocycles. The molecule has 20 heavy (non-hydrogen) atoms. The van der Waals surface area contributed by atoms with Crippen LogP contribution in [0.1, 0.15) is 16.7 Å². The van der Waals surface area contributed by atoms with Gasteiger partial charge in [0.05, 0.1) is 11.6 Å². The van der Waals surface area contributed by atoms with Gasteiger partial charge in [-0.3, -0.25) is 0 Å². The van der Waals surface area contributed by atoms with Crippen molar-refractivity contribution in [2.75, 3.05) is 17.2 Å². The van der Waals surface area contributed by atoms with Gasteiger partial charge in [-0.05, 0) is 36.8 Å². The Morgan fingerprint density at radius 2 is 2.15 bits per heavy atom. The van der Waals surface area contributed by atoms with Crippen LogP contribution in [-0.2, 0) is 13.0 Å². The van der Waals surface area contributed by atoms with Crippen LogP contribution in [0, 0.1) is 17.1 Å². The van der Waals surface area contributed by atoms with E-state index in [4.69, 9.17) is 11.0 Å². The standard InChI is InChI=1S/C16H14FN3/c17-14-5-4-11(9-18)8-12(14)10-20-7-6-13-15(19)2-1-3-16(13)20/h1-5,8H,6-7,10,19H2. The van der Waals surface area contributed by atoms with Crippen molar-refractivity contribution in [2.24, 2.45) is 0 Å². The molecule has 1 aliphatic heterocycles. The van der Waals surface area contributed by atoms with Gasteiger partial charge in [-0.2, -0.15) is 5.26 Å². The van der Waals surface area contributed by atoms with Crippen LogP contribution in [0.25, 0.3) is 0 Å². The quantitative estimate of drug-likeness (QED) is 0.851. The van der Waals surface area contributed by atoms with Crippen molar-refractivity contribution in [2.45, 2.75) is 13.0 Å². The summed E-state index contributed by atoms with van der Waals surface area (Å²) in [5, 5.41) is 8.91. The van der Waals surface area contributed by atoms with Crippen LogP contribution in [0.2, 0.25) is 0 Å². The van der Waals surface area contributed by atoms with E-state index < -0.39 is 0 Å². The number of nitriles is 1. The average molecular weight is 267 g/mol. The minimum Gasteiger partial charge on any atom is -0.398 e. The Morgan fingerprint density at radius 3 is 2.95 bits per heavy atom. The number of fused-ring (bicyclic) bond motifs is 1. The zero-order valence-corrected chi connectivity index (χ0v) is 10.9. The molecule has 100 valence electrons. The van der Waals surface area contributed by atoms with Crippen LogP contribution in [0.15, 0.2) is 36.4 Å². The Labute approximate surface area is 117 Å². The number of halogens is 1. The molecule has 2 aromatic rings. The zero-order valence-electron chi connectivity index (χ0n) is 10.9. The molecular formula is C16H14FN3. The van der Waals surface area contributed by atoms with Gasteiger partial charge in [0, 0.05) is 35.6 Å². The predicted octanol–water partition coefficient (Wildman–Crippen LogP) is 2.84. The molecule has 3 nitrogen and oxygen atoms in total.